The van der Waals surface area contributed by atoms with Crippen LogP contribution in [0.5, 0.6) is 0 Å². The molecule has 2 aliphatic rings. The minimum Gasteiger partial charge on any atom is -0.477 e. The maximum atomic E-state index is 12.1. The molecule has 0 bridgehead atoms. The van der Waals surface area contributed by atoms with Gasteiger partial charge >= 0.3 is 5.97 Å². The van der Waals surface area contributed by atoms with Gasteiger partial charge in [-0.25, -0.2) is 4.79 Å². The summed E-state index contributed by atoms with van der Waals surface area (Å²) in [5.41, 5.74) is 3.25. The monoisotopic (exact) mass is 379 g/mol. The topological polar surface area (TPSA) is 72.4 Å². The minimum atomic E-state index is -1.19. The summed E-state index contributed by atoms with van der Waals surface area (Å²) in [5.74, 6) is 0.988. The van der Waals surface area contributed by atoms with Crippen LogP contribution in [0.25, 0.3) is 22.4 Å². The lowest BCUT2D eigenvalue weighted by Gasteiger charge is -2.18. The second-order valence-corrected chi connectivity index (χ2v) is 8.36. The van der Waals surface area contributed by atoms with Crippen molar-refractivity contribution >= 4 is 16.9 Å². The van der Waals surface area contributed by atoms with E-state index >= 15 is 0 Å². The smallest absolute Gasteiger partial charge is 0.341 e. The number of hydrogen-bond donors (Lipinski definition) is 1. The Balaban J connectivity index is 0.000000442. The molecule has 1 aliphatic heterocycles. The highest BCUT2D eigenvalue weighted by Gasteiger charge is 2.27. The van der Waals surface area contributed by atoms with Crippen molar-refractivity contribution < 1.29 is 14.3 Å². The molecule has 3 aromatic rings. The van der Waals surface area contributed by atoms with Crippen LogP contribution in [0.3, 0.4) is 0 Å². The van der Waals surface area contributed by atoms with Gasteiger partial charge in [-0.15, -0.1) is 0 Å². The molecular weight excluding hydrogens is 354 g/mol. The van der Waals surface area contributed by atoms with Gasteiger partial charge in [0.25, 0.3) is 0 Å². The molecular formula is C23H25NO4. The molecule has 1 saturated carbocycles. The molecule has 146 valence electrons. The fourth-order valence-corrected chi connectivity index (χ4v) is 3.64. The van der Waals surface area contributed by atoms with Crippen molar-refractivity contribution in [2.75, 3.05) is 0 Å². The van der Waals surface area contributed by atoms with Crippen LogP contribution in [0.1, 0.15) is 61.0 Å². The third-order valence-electron chi connectivity index (χ3n) is 5.06. The van der Waals surface area contributed by atoms with E-state index in [4.69, 9.17) is 9.52 Å². The molecule has 0 radical (unpaired) electrons. The van der Waals surface area contributed by atoms with Crippen LogP contribution in [0.4, 0.5) is 0 Å². The predicted octanol–water partition coefficient (Wildman–Crippen LogP) is 5.06. The second kappa shape index (κ2) is 6.97. The van der Waals surface area contributed by atoms with Gasteiger partial charge in [0.1, 0.15) is 11.1 Å². The Hall–Kier alpha value is -2.82. The van der Waals surface area contributed by atoms with Gasteiger partial charge in [-0.1, -0.05) is 32.9 Å². The third-order valence-corrected chi connectivity index (χ3v) is 5.06. The van der Waals surface area contributed by atoms with E-state index in [2.05, 4.69) is 39.0 Å². The Bertz CT molecular complexity index is 1110. The number of rotatable bonds is 2. The number of carboxylic acid groups (broad SMARTS) is 1. The van der Waals surface area contributed by atoms with Crippen molar-refractivity contribution in [2.24, 2.45) is 5.92 Å². The number of fused-ring (bicyclic) bond motifs is 5. The molecule has 0 atom stereocenters. The highest BCUT2D eigenvalue weighted by molar-refractivity contribution is 5.90. The average Bonchev–Trinajstić information content (AvgIpc) is 3.41. The zero-order valence-corrected chi connectivity index (χ0v) is 16.5. The maximum Gasteiger partial charge on any atom is 0.341 e. The van der Waals surface area contributed by atoms with Crippen molar-refractivity contribution in [3.63, 3.8) is 0 Å². The number of nitrogens with zero attached hydrogens (tertiary/aromatic N) is 1. The summed E-state index contributed by atoms with van der Waals surface area (Å²) in [6, 6.07) is 7.78. The maximum absolute atomic E-state index is 12.1. The van der Waals surface area contributed by atoms with Crippen molar-refractivity contribution in [1.29, 1.82) is 0 Å². The highest BCUT2D eigenvalue weighted by Crippen LogP contribution is 2.43. The lowest BCUT2D eigenvalue weighted by Crippen LogP contribution is -2.21. The van der Waals surface area contributed by atoms with E-state index in [0.717, 1.165) is 28.9 Å². The van der Waals surface area contributed by atoms with E-state index in [1.807, 2.05) is 0 Å². The Labute approximate surface area is 163 Å². The number of furan rings is 1. The number of aromatic carboxylic acids is 1. The molecule has 0 spiro atoms. The van der Waals surface area contributed by atoms with Gasteiger partial charge in [0.2, 0.25) is 0 Å². The van der Waals surface area contributed by atoms with E-state index < -0.39 is 11.4 Å². The largest absolute Gasteiger partial charge is 0.477 e. The molecule has 1 fully saturated rings. The number of pyridine rings is 1. The average molecular weight is 379 g/mol. The SMILES string of the molecule is CC(C)C.O=C(O)c1cn2c(cc1=O)-c1oc3cc(C4CC4)ccc3c1CC2. The van der Waals surface area contributed by atoms with Crippen LogP contribution in [0, 0.1) is 5.92 Å². The van der Waals surface area contributed by atoms with Crippen LogP contribution in [0.2, 0.25) is 0 Å². The first-order chi connectivity index (χ1) is 13.3. The van der Waals surface area contributed by atoms with Crippen LogP contribution in [0.15, 0.2) is 39.7 Å². The fourth-order valence-electron chi connectivity index (χ4n) is 3.64. The number of benzene rings is 1. The number of carboxylic acids is 1. The fraction of sp³-hybridized carbons (Fsp3) is 0.391. The molecule has 1 aliphatic carbocycles. The first-order valence-corrected chi connectivity index (χ1v) is 9.88. The summed E-state index contributed by atoms with van der Waals surface area (Å²) < 4.78 is 7.89. The number of carbonyl (C=O) groups is 1. The van der Waals surface area contributed by atoms with E-state index in [9.17, 15) is 9.59 Å². The van der Waals surface area contributed by atoms with Crippen LogP contribution >= 0.6 is 0 Å². The molecule has 28 heavy (non-hydrogen) atoms. The van der Waals surface area contributed by atoms with Crippen molar-refractivity contribution in [1.82, 2.24) is 4.57 Å². The Morgan fingerprint density at radius 2 is 1.93 bits per heavy atom. The van der Waals surface area contributed by atoms with Gasteiger partial charge in [-0.2, -0.15) is 0 Å². The minimum absolute atomic E-state index is 0.200. The van der Waals surface area contributed by atoms with Gasteiger partial charge in [0.15, 0.2) is 11.2 Å². The number of hydrogen-bond acceptors (Lipinski definition) is 3. The molecule has 0 amide bonds. The summed E-state index contributed by atoms with van der Waals surface area (Å²) in [6.45, 7) is 7.14. The van der Waals surface area contributed by atoms with Crippen molar-refractivity contribution in [3.05, 3.63) is 57.4 Å². The molecule has 0 unspecified atom stereocenters. The first-order valence-electron chi connectivity index (χ1n) is 9.88. The van der Waals surface area contributed by atoms with Gasteiger partial charge in [0, 0.05) is 29.8 Å². The molecule has 3 heterocycles. The summed E-state index contributed by atoms with van der Waals surface area (Å²) in [6.07, 6.45) is 4.66. The summed E-state index contributed by atoms with van der Waals surface area (Å²) in [4.78, 5) is 23.2. The zero-order valence-electron chi connectivity index (χ0n) is 16.5. The van der Waals surface area contributed by atoms with Gasteiger partial charge in [-0.05, 0) is 42.7 Å². The second-order valence-electron chi connectivity index (χ2n) is 8.36. The van der Waals surface area contributed by atoms with Gasteiger partial charge in [-0.3, -0.25) is 4.79 Å². The van der Waals surface area contributed by atoms with E-state index in [-0.39, 0.29) is 5.56 Å². The number of aryl methyl sites for hydroxylation is 2. The molecule has 5 nitrogen and oxygen atoms in total. The van der Waals surface area contributed by atoms with Crippen LogP contribution in [-0.2, 0) is 13.0 Å². The lowest BCUT2D eigenvalue weighted by atomic mass is 10.00. The van der Waals surface area contributed by atoms with E-state index in [1.54, 1.807) is 4.57 Å². The first kappa shape index (κ1) is 18.5. The standard InChI is InChI=1S/C19H15NO4.C4H10/c21-16-8-15-18-13(5-6-20(15)9-14(16)19(22)23)12-4-3-11(10-1-2-10)7-17(12)24-18;1-4(2)3/h3-4,7-10H,1-2,5-6H2,(H,22,23);4H,1-3H3. The third kappa shape index (κ3) is 3.37. The molecule has 1 N–H and O–H groups in total. The quantitative estimate of drug-likeness (QED) is 0.676. The van der Waals surface area contributed by atoms with Gasteiger partial charge < -0.3 is 14.1 Å². The Morgan fingerprint density at radius 3 is 2.57 bits per heavy atom. The van der Waals surface area contributed by atoms with E-state index in [0.29, 0.717) is 23.9 Å². The van der Waals surface area contributed by atoms with Gasteiger partial charge in [0.05, 0.1) is 5.69 Å². The van der Waals surface area contributed by atoms with Crippen molar-refractivity contribution in [3.8, 4) is 11.5 Å². The molecule has 1 aromatic carbocycles. The molecule has 5 rings (SSSR count). The summed E-state index contributed by atoms with van der Waals surface area (Å²) in [7, 11) is 0. The highest BCUT2D eigenvalue weighted by atomic mass is 16.4. The molecule has 2 aromatic heterocycles. The zero-order chi connectivity index (χ0) is 20.0. The summed E-state index contributed by atoms with van der Waals surface area (Å²) in [5, 5.41) is 10.2. The lowest BCUT2D eigenvalue weighted by molar-refractivity contribution is 0.0694. The van der Waals surface area contributed by atoms with Crippen molar-refractivity contribution in [2.45, 2.75) is 52.5 Å². The van der Waals surface area contributed by atoms with Crippen LogP contribution < -0.4 is 5.43 Å². The molecule has 5 heteroatoms. The summed E-state index contributed by atoms with van der Waals surface area (Å²) >= 11 is 0. The Kier molecular flexibility index (Phi) is 4.61. The molecule has 0 saturated heterocycles. The van der Waals surface area contributed by atoms with E-state index in [1.165, 1.54) is 30.7 Å². The predicted molar refractivity (Wildman–Crippen MR) is 109 cm³/mol. The normalized spacial score (nSPS) is 15.0. The Morgan fingerprint density at radius 1 is 1.21 bits per heavy atom. The van der Waals surface area contributed by atoms with Crippen LogP contribution in [-0.4, -0.2) is 15.6 Å². The number of aromatic nitrogens is 1.